The Morgan fingerprint density at radius 3 is 2.70 bits per heavy atom. The molecule has 0 aliphatic rings. The second kappa shape index (κ2) is 6.62. The van der Waals surface area contributed by atoms with E-state index in [-0.39, 0.29) is 17.9 Å². The first kappa shape index (κ1) is 16.7. The molecule has 7 nitrogen and oxygen atoms in total. The molecule has 0 aliphatic carbocycles. The molecule has 2 heterocycles. The number of nitriles is 1. The summed E-state index contributed by atoms with van der Waals surface area (Å²) in [5, 5.41) is 16.4. The third-order valence-electron chi connectivity index (χ3n) is 3.29. The quantitative estimate of drug-likeness (QED) is 0.867. The number of aromatic nitrogens is 2. The van der Waals surface area contributed by atoms with Crippen LogP contribution in [0.3, 0.4) is 0 Å². The van der Waals surface area contributed by atoms with Crippen LogP contribution in [0.15, 0.2) is 6.07 Å². The van der Waals surface area contributed by atoms with Crippen LogP contribution in [-0.4, -0.2) is 28.3 Å². The van der Waals surface area contributed by atoms with E-state index in [0.29, 0.717) is 15.4 Å². The lowest BCUT2D eigenvalue weighted by atomic mass is 10.2. The van der Waals surface area contributed by atoms with Crippen LogP contribution in [0.1, 0.15) is 43.9 Å². The zero-order valence-corrected chi connectivity index (χ0v) is 14.1. The van der Waals surface area contributed by atoms with Crippen molar-refractivity contribution in [3.63, 3.8) is 0 Å². The number of aryl methyl sites for hydroxylation is 2. The van der Waals surface area contributed by atoms with Crippen LogP contribution < -0.4 is 5.32 Å². The largest absolute Gasteiger partial charge is 0.462 e. The minimum Gasteiger partial charge on any atom is -0.462 e. The van der Waals surface area contributed by atoms with Gasteiger partial charge in [-0.3, -0.25) is 9.48 Å². The molecule has 2 aromatic heterocycles. The number of nitrogens with one attached hydrogen (secondary N) is 1. The van der Waals surface area contributed by atoms with Gasteiger partial charge in [-0.05, 0) is 32.4 Å². The monoisotopic (exact) mass is 332 g/mol. The number of nitrogens with zero attached hydrogens (tertiary/aromatic N) is 3. The molecular formula is C15H16N4O3S. The number of carbonyl (C=O) groups excluding carboxylic acids is 2. The fraction of sp³-hybridized carbons (Fsp3) is 0.333. The van der Waals surface area contributed by atoms with Crippen LogP contribution in [0, 0.1) is 25.2 Å². The molecule has 120 valence electrons. The molecule has 2 aromatic rings. The van der Waals surface area contributed by atoms with Crippen molar-refractivity contribution in [1.82, 2.24) is 9.78 Å². The lowest BCUT2D eigenvalue weighted by molar-refractivity contribution is 0.0531. The summed E-state index contributed by atoms with van der Waals surface area (Å²) in [6, 6.07) is 3.66. The molecule has 0 unspecified atom stereocenters. The van der Waals surface area contributed by atoms with Gasteiger partial charge in [-0.1, -0.05) is 0 Å². The normalized spacial score (nSPS) is 10.2. The standard InChI is InChI=1S/C15H16N4O3S/c1-5-22-15(21)12-9(3)10(7-16)14(23-12)17-13(20)11-6-8(2)19(4)18-11/h6H,5H2,1-4H3,(H,17,20). The van der Waals surface area contributed by atoms with E-state index in [1.165, 1.54) is 0 Å². The third-order valence-corrected chi connectivity index (χ3v) is 4.48. The van der Waals surface area contributed by atoms with Crippen LogP contribution in [0.5, 0.6) is 0 Å². The maximum Gasteiger partial charge on any atom is 0.348 e. The minimum absolute atomic E-state index is 0.243. The average Bonchev–Trinajstić information content (AvgIpc) is 3.00. The van der Waals surface area contributed by atoms with E-state index in [1.807, 2.05) is 13.0 Å². The summed E-state index contributed by atoms with van der Waals surface area (Å²) in [7, 11) is 1.74. The van der Waals surface area contributed by atoms with E-state index in [2.05, 4.69) is 10.4 Å². The second-order valence-corrected chi connectivity index (χ2v) is 5.86. The number of amides is 1. The Labute approximate surface area is 137 Å². The number of anilines is 1. The first-order chi connectivity index (χ1) is 10.9. The lowest BCUT2D eigenvalue weighted by Gasteiger charge is -2.00. The second-order valence-electron chi connectivity index (χ2n) is 4.84. The van der Waals surface area contributed by atoms with Crippen molar-refractivity contribution in [2.75, 3.05) is 11.9 Å². The Morgan fingerprint density at radius 2 is 2.17 bits per heavy atom. The molecule has 1 amide bonds. The third kappa shape index (κ3) is 3.24. The average molecular weight is 332 g/mol. The summed E-state index contributed by atoms with van der Waals surface area (Å²) in [5.41, 5.74) is 1.85. The molecule has 0 spiro atoms. The van der Waals surface area contributed by atoms with Gasteiger partial charge in [0.1, 0.15) is 15.9 Å². The number of ether oxygens (including phenoxy) is 1. The summed E-state index contributed by atoms with van der Waals surface area (Å²) in [5.74, 6) is -0.928. The Morgan fingerprint density at radius 1 is 1.48 bits per heavy atom. The molecule has 2 rings (SSSR count). The molecule has 23 heavy (non-hydrogen) atoms. The van der Waals surface area contributed by atoms with Crippen molar-refractivity contribution in [3.05, 3.63) is 33.5 Å². The van der Waals surface area contributed by atoms with Crippen LogP contribution >= 0.6 is 11.3 Å². The Hall–Kier alpha value is -2.66. The zero-order chi connectivity index (χ0) is 17.1. The van der Waals surface area contributed by atoms with Gasteiger partial charge >= 0.3 is 5.97 Å². The number of thiophene rings is 1. The van der Waals surface area contributed by atoms with E-state index >= 15 is 0 Å². The highest BCUT2D eigenvalue weighted by molar-refractivity contribution is 7.18. The predicted octanol–water partition coefficient (Wildman–Crippen LogP) is 2.40. The lowest BCUT2D eigenvalue weighted by Crippen LogP contribution is -2.12. The molecule has 0 atom stereocenters. The minimum atomic E-state index is -0.499. The van der Waals surface area contributed by atoms with Gasteiger partial charge in [0, 0.05) is 12.7 Å². The van der Waals surface area contributed by atoms with Gasteiger partial charge in [0.05, 0.1) is 12.2 Å². The molecule has 1 N–H and O–H groups in total. The van der Waals surface area contributed by atoms with Crippen LogP contribution in [0.2, 0.25) is 0 Å². The van der Waals surface area contributed by atoms with Gasteiger partial charge in [-0.2, -0.15) is 10.4 Å². The Balaban J connectivity index is 2.32. The molecule has 0 radical (unpaired) electrons. The molecule has 0 saturated heterocycles. The first-order valence-corrected chi connectivity index (χ1v) is 7.73. The molecule has 0 bridgehead atoms. The predicted molar refractivity (Wildman–Crippen MR) is 85.6 cm³/mol. The smallest absolute Gasteiger partial charge is 0.348 e. The molecule has 0 fully saturated rings. The van der Waals surface area contributed by atoms with Crippen molar-refractivity contribution < 1.29 is 14.3 Å². The fourth-order valence-corrected chi connectivity index (χ4v) is 3.01. The van der Waals surface area contributed by atoms with Crippen molar-refractivity contribution in [2.45, 2.75) is 20.8 Å². The van der Waals surface area contributed by atoms with Crippen LogP contribution in [0.4, 0.5) is 5.00 Å². The summed E-state index contributed by atoms with van der Waals surface area (Å²) >= 11 is 1.03. The van der Waals surface area contributed by atoms with Gasteiger partial charge in [0.2, 0.25) is 0 Å². The van der Waals surface area contributed by atoms with E-state index in [9.17, 15) is 14.9 Å². The first-order valence-electron chi connectivity index (χ1n) is 6.91. The molecule has 0 saturated carbocycles. The summed E-state index contributed by atoms with van der Waals surface area (Å²) < 4.78 is 6.55. The molecule has 8 heteroatoms. The summed E-state index contributed by atoms with van der Waals surface area (Å²) in [6.45, 7) is 5.44. The molecule has 0 aliphatic heterocycles. The van der Waals surface area contributed by atoms with Gasteiger partial charge in [-0.15, -0.1) is 11.3 Å². The van der Waals surface area contributed by atoms with Crippen molar-refractivity contribution >= 4 is 28.2 Å². The highest BCUT2D eigenvalue weighted by atomic mass is 32.1. The Kier molecular flexibility index (Phi) is 4.81. The maximum atomic E-state index is 12.3. The van der Waals surface area contributed by atoms with Gasteiger partial charge < -0.3 is 10.1 Å². The maximum absolute atomic E-state index is 12.3. The SMILES string of the molecule is CCOC(=O)c1sc(NC(=O)c2cc(C)n(C)n2)c(C#N)c1C. The van der Waals surface area contributed by atoms with Gasteiger partial charge in [0.15, 0.2) is 5.69 Å². The number of esters is 1. The highest BCUT2D eigenvalue weighted by Gasteiger charge is 2.23. The summed E-state index contributed by atoms with van der Waals surface area (Å²) in [4.78, 5) is 24.5. The number of hydrogen-bond donors (Lipinski definition) is 1. The Bertz CT molecular complexity index is 794. The molecule has 0 aromatic carbocycles. The van der Waals surface area contributed by atoms with E-state index in [0.717, 1.165) is 17.0 Å². The van der Waals surface area contributed by atoms with Gasteiger partial charge in [0.25, 0.3) is 5.91 Å². The number of carbonyl (C=O) groups is 2. The summed E-state index contributed by atoms with van der Waals surface area (Å²) in [6.07, 6.45) is 0. The topological polar surface area (TPSA) is 97.0 Å². The number of rotatable bonds is 4. The van der Waals surface area contributed by atoms with Crippen molar-refractivity contribution in [3.8, 4) is 6.07 Å². The highest BCUT2D eigenvalue weighted by Crippen LogP contribution is 2.33. The van der Waals surface area contributed by atoms with Crippen LogP contribution in [-0.2, 0) is 11.8 Å². The van der Waals surface area contributed by atoms with E-state index in [4.69, 9.17) is 4.74 Å². The van der Waals surface area contributed by atoms with Crippen molar-refractivity contribution in [1.29, 1.82) is 5.26 Å². The van der Waals surface area contributed by atoms with E-state index < -0.39 is 11.9 Å². The zero-order valence-electron chi connectivity index (χ0n) is 13.3. The fourth-order valence-electron chi connectivity index (χ4n) is 1.97. The molecular weight excluding hydrogens is 316 g/mol. The van der Waals surface area contributed by atoms with Crippen LogP contribution in [0.25, 0.3) is 0 Å². The van der Waals surface area contributed by atoms with E-state index in [1.54, 1.807) is 31.6 Å². The van der Waals surface area contributed by atoms with Crippen molar-refractivity contribution in [2.24, 2.45) is 7.05 Å². The van der Waals surface area contributed by atoms with Gasteiger partial charge in [-0.25, -0.2) is 4.79 Å². The number of hydrogen-bond acceptors (Lipinski definition) is 6.